The average Bonchev–Trinajstić information content (AvgIpc) is 3.09. The van der Waals surface area contributed by atoms with E-state index in [1.807, 2.05) is 11.4 Å². The summed E-state index contributed by atoms with van der Waals surface area (Å²) in [5, 5.41) is 2.87. The quantitative estimate of drug-likeness (QED) is 0.831. The van der Waals surface area contributed by atoms with Gasteiger partial charge in [0.2, 0.25) is 5.91 Å². The Bertz CT molecular complexity index is 680. The number of carbonyl (C=O) groups is 1. The van der Waals surface area contributed by atoms with E-state index >= 15 is 0 Å². The number of hydrogen-bond acceptors (Lipinski definition) is 5. The molecule has 1 atom stereocenters. The van der Waals surface area contributed by atoms with Crippen LogP contribution in [0.25, 0.3) is 0 Å². The Morgan fingerprint density at radius 2 is 2.42 bits per heavy atom. The minimum absolute atomic E-state index is 0.0130. The predicted molar refractivity (Wildman–Crippen MR) is 90.1 cm³/mol. The number of likely N-dealkylation sites (N-methyl/N-ethyl adjacent to an activating group) is 1. The summed E-state index contributed by atoms with van der Waals surface area (Å²) in [4.78, 5) is 20.4. The van der Waals surface area contributed by atoms with Crippen LogP contribution in [0, 0.1) is 5.82 Å². The third-order valence-corrected chi connectivity index (χ3v) is 4.84. The van der Waals surface area contributed by atoms with Crippen molar-refractivity contribution in [3.8, 4) is 0 Å². The Morgan fingerprint density at radius 3 is 3.17 bits per heavy atom. The topological polar surface area (TPSA) is 45.7 Å². The number of benzene rings is 1. The van der Waals surface area contributed by atoms with E-state index in [9.17, 15) is 9.18 Å². The molecule has 3 rings (SSSR count). The van der Waals surface area contributed by atoms with Crippen molar-refractivity contribution in [3.63, 3.8) is 0 Å². The maximum absolute atomic E-state index is 13.2. The van der Waals surface area contributed by atoms with Crippen LogP contribution in [0.2, 0.25) is 0 Å². The van der Waals surface area contributed by atoms with Crippen molar-refractivity contribution in [2.45, 2.75) is 12.6 Å². The maximum Gasteiger partial charge on any atom is 0.236 e. The predicted octanol–water partition coefficient (Wildman–Crippen LogP) is 2.31. The third-order valence-electron chi connectivity index (χ3n) is 3.97. The number of amides is 1. The van der Waals surface area contributed by atoms with E-state index in [-0.39, 0.29) is 17.8 Å². The van der Waals surface area contributed by atoms with Crippen LogP contribution in [0.5, 0.6) is 0 Å². The monoisotopic (exact) mass is 349 g/mol. The first-order valence-electron chi connectivity index (χ1n) is 7.83. The minimum Gasteiger partial charge on any atom is -0.368 e. The molecule has 5 nitrogen and oxygen atoms in total. The highest BCUT2D eigenvalue weighted by Gasteiger charge is 2.25. The molecule has 24 heavy (non-hydrogen) atoms. The summed E-state index contributed by atoms with van der Waals surface area (Å²) in [5.41, 5.74) is 0.786. The Kier molecular flexibility index (Phi) is 5.55. The molecule has 1 aliphatic rings. The number of hydrogen-bond donors (Lipinski definition) is 0. The van der Waals surface area contributed by atoms with Gasteiger partial charge in [0.05, 0.1) is 13.2 Å². The molecule has 0 saturated carbocycles. The van der Waals surface area contributed by atoms with Gasteiger partial charge in [-0.3, -0.25) is 9.69 Å². The van der Waals surface area contributed by atoms with E-state index in [0.717, 1.165) is 17.1 Å². The molecule has 7 heteroatoms. The van der Waals surface area contributed by atoms with Crippen molar-refractivity contribution in [2.24, 2.45) is 0 Å². The number of carbonyl (C=O) groups excluding carboxylic acids is 1. The average molecular weight is 349 g/mol. The number of aromatic nitrogens is 1. The molecule has 0 radical (unpaired) electrons. The van der Waals surface area contributed by atoms with Crippen molar-refractivity contribution in [1.29, 1.82) is 0 Å². The lowest BCUT2D eigenvalue weighted by Crippen LogP contribution is -2.44. The summed E-state index contributed by atoms with van der Waals surface area (Å²) < 4.78 is 19.0. The van der Waals surface area contributed by atoms with Gasteiger partial charge < -0.3 is 9.64 Å². The van der Waals surface area contributed by atoms with Gasteiger partial charge in [-0.25, -0.2) is 9.37 Å². The summed E-state index contributed by atoms with van der Waals surface area (Å²) in [6, 6.07) is 6.33. The van der Waals surface area contributed by atoms with Gasteiger partial charge in [0, 0.05) is 38.3 Å². The molecule has 128 valence electrons. The second-order valence-corrected chi connectivity index (χ2v) is 6.77. The van der Waals surface area contributed by atoms with E-state index in [2.05, 4.69) is 9.88 Å². The molecule has 0 bridgehead atoms. The lowest BCUT2D eigenvalue weighted by atomic mass is 10.2. The third kappa shape index (κ3) is 4.37. The fourth-order valence-corrected chi connectivity index (χ4v) is 3.38. The lowest BCUT2D eigenvalue weighted by molar-refractivity contribution is -0.133. The summed E-state index contributed by atoms with van der Waals surface area (Å²) in [7, 11) is 1.74. The normalized spacial score (nSPS) is 18.5. The SMILES string of the molecule is CN(Cc1cccc(F)c1)C(=O)CN1CCO[C@H](c2nccs2)C1. The minimum atomic E-state index is -0.284. The Hall–Kier alpha value is -1.83. The van der Waals surface area contributed by atoms with Crippen LogP contribution in [0.3, 0.4) is 0 Å². The number of morpholine rings is 1. The zero-order valence-electron chi connectivity index (χ0n) is 13.5. The second-order valence-electron chi connectivity index (χ2n) is 5.84. The molecule has 0 spiro atoms. The first-order valence-corrected chi connectivity index (χ1v) is 8.71. The number of nitrogens with zero attached hydrogens (tertiary/aromatic N) is 3. The van der Waals surface area contributed by atoms with E-state index in [4.69, 9.17) is 4.74 Å². The molecule has 1 aromatic heterocycles. The van der Waals surface area contributed by atoms with Gasteiger partial charge in [0.1, 0.15) is 16.9 Å². The van der Waals surface area contributed by atoms with Crippen LogP contribution in [0.15, 0.2) is 35.8 Å². The van der Waals surface area contributed by atoms with Gasteiger partial charge >= 0.3 is 0 Å². The molecule has 0 unspecified atom stereocenters. The highest BCUT2D eigenvalue weighted by Crippen LogP contribution is 2.23. The van der Waals surface area contributed by atoms with Crippen LogP contribution < -0.4 is 0 Å². The van der Waals surface area contributed by atoms with Crippen molar-refractivity contribution >= 4 is 17.2 Å². The smallest absolute Gasteiger partial charge is 0.236 e. The van der Waals surface area contributed by atoms with Crippen LogP contribution in [0.4, 0.5) is 4.39 Å². The van der Waals surface area contributed by atoms with E-state index in [1.165, 1.54) is 12.1 Å². The van der Waals surface area contributed by atoms with Crippen molar-refractivity contribution < 1.29 is 13.9 Å². The largest absolute Gasteiger partial charge is 0.368 e. The number of halogens is 1. The lowest BCUT2D eigenvalue weighted by Gasteiger charge is -2.32. The summed E-state index contributed by atoms with van der Waals surface area (Å²) in [5.74, 6) is -0.271. The van der Waals surface area contributed by atoms with Crippen LogP contribution >= 0.6 is 11.3 Å². The Balaban J connectivity index is 1.53. The standard InChI is InChI=1S/C17H20FN3O2S/c1-20(10-13-3-2-4-14(18)9-13)16(22)12-21-6-7-23-15(11-21)17-19-5-8-24-17/h2-5,8-9,15H,6-7,10-12H2,1H3/t15-/m0/s1. The van der Waals surface area contributed by atoms with Gasteiger partial charge in [0.25, 0.3) is 0 Å². The van der Waals surface area contributed by atoms with Crippen molar-refractivity contribution in [3.05, 3.63) is 52.2 Å². The number of rotatable bonds is 5. The van der Waals surface area contributed by atoms with Crippen LogP contribution in [0.1, 0.15) is 16.7 Å². The number of thiazole rings is 1. The van der Waals surface area contributed by atoms with Gasteiger partial charge in [0.15, 0.2) is 0 Å². The molecule has 2 aromatic rings. The highest BCUT2D eigenvalue weighted by molar-refractivity contribution is 7.09. The first kappa shape index (κ1) is 17.0. The second kappa shape index (κ2) is 7.83. The molecule has 1 saturated heterocycles. The summed E-state index contributed by atoms with van der Waals surface area (Å²) in [6.45, 7) is 2.70. The Morgan fingerprint density at radius 1 is 1.54 bits per heavy atom. The van der Waals surface area contributed by atoms with Crippen LogP contribution in [-0.2, 0) is 16.1 Å². The van der Waals surface area contributed by atoms with Gasteiger partial charge in [-0.15, -0.1) is 11.3 Å². The highest BCUT2D eigenvalue weighted by atomic mass is 32.1. The molecule has 1 aliphatic heterocycles. The molecule has 1 amide bonds. The van der Waals surface area contributed by atoms with Gasteiger partial charge in [-0.2, -0.15) is 0 Å². The molecular weight excluding hydrogens is 329 g/mol. The fourth-order valence-electron chi connectivity index (χ4n) is 2.70. The zero-order chi connectivity index (χ0) is 16.9. The fraction of sp³-hybridized carbons (Fsp3) is 0.412. The molecule has 0 aliphatic carbocycles. The molecular formula is C17H20FN3O2S. The molecule has 1 fully saturated rings. The van der Waals surface area contributed by atoms with Gasteiger partial charge in [-0.05, 0) is 17.7 Å². The summed E-state index contributed by atoms with van der Waals surface area (Å²) in [6.07, 6.45) is 1.69. The summed E-state index contributed by atoms with van der Waals surface area (Å²) >= 11 is 1.57. The van der Waals surface area contributed by atoms with E-state index in [0.29, 0.717) is 26.2 Å². The zero-order valence-corrected chi connectivity index (χ0v) is 14.3. The maximum atomic E-state index is 13.2. The van der Waals surface area contributed by atoms with Crippen molar-refractivity contribution in [1.82, 2.24) is 14.8 Å². The Labute approximate surface area is 144 Å². The molecule has 0 N–H and O–H groups in total. The van der Waals surface area contributed by atoms with E-state index in [1.54, 1.807) is 35.5 Å². The van der Waals surface area contributed by atoms with Gasteiger partial charge in [-0.1, -0.05) is 12.1 Å². The first-order chi connectivity index (χ1) is 11.6. The molecule has 1 aromatic carbocycles. The van der Waals surface area contributed by atoms with E-state index < -0.39 is 0 Å². The molecule has 2 heterocycles. The number of ether oxygens (including phenoxy) is 1. The van der Waals surface area contributed by atoms with Crippen LogP contribution in [-0.4, -0.2) is 54.0 Å². The van der Waals surface area contributed by atoms with Crippen molar-refractivity contribution in [2.75, 3.05) is 33.3 Å².